The Balaban J connectivity index is 1.69. The monoisotopic (exact) mass is 294 g/mol. The van der Waals surface area contributed by atoms with E-state index in [1.54, 1.807) is 10.7 Å². The normalized spacial score (nSPS) is 20.4. The summed E-state index contributed by atoms with van der Waals surface area (Å²) >= 11 is 6.09. The Morgan fingerprint density at radius 2 is 2.05 bits per heavy atom. The highest BCUT2D eigenvalue weighted by atomic mass is 35.5. The number of halogens is 1. The summed E-state index contributed by atoms with van der Waals surface area (Å²) in [6.07, 6.45) is 4.62. The molecule has 21 heavy (non-hydrogen) atoms. The topological polar surface area (TPSA) is 54.0 Å². The quantitative estimate of drug-likeness (QED) is 0.726. The molecule has 0 amide bonds. The fourth-order valence-electron chi connectivity index (χ4n) is 2.89. The Kier molecular flexibility index (Phi) is 2.69. The Morgan fingerprint density at radius 3 is 2.81 bits per heavy atom. The molecule has 0 saturated heterocycles. The predicted molar refractivity (Wildman–Crippen MR) is 79.3 cm³/mol. The second kappa shape index (κ2) is 4.57. The third-order valence-corrected chi connectivity index (χ3v) is 4.20. The van der Waals surface area contributed by atoms with Gasteiger partial charge in [0.05, 0.1) is 11.6 Å². The number of imidazole rings is 1. The maximum absolute atomic E-state index is 8.86. The predicted octanol–water partition coefficient (Wildman–Crippen LogP) is 3.53. The highest BCUT2D eigenvalue weighted by Gasteiger charge is 2.41. The van der Waals surface area contributed by atoms with E-state index >= 15 is 0 Å². The number of nitriles is 1. The fraction of sp³-hybridized carbons (Fsp3) is 0.188. The van der Waals surface area contributed by atoms with Gasteiger partial charge in [-0.3, -0.25) is 0 Å². The molecule has 1 aliphatic rings. The molecule has 2 heterocycles. The number of hydrogen-bond acceptors (Lipinski definition) is 3. The Bertz CT molecular complexity index is 860. The summed E-state index contributed by atoms with van der Waals surface area (Å²) in [6.45, 7) is 0. The van der Waals surface area contributed by atoms with Gasteiger partial charge in [0.2, 0.25) is 0 Å². The van der Waals surface area contributed by atoms with Crippen LogP contribution in [0.5, 0.6) is 0 Å². The van der Waals surface area contributed by atoms with Crippen LogP contribution in [0, 0.1) is 11.3 Å². The maximum atomic E-state index is 8.86. The number of fused-ring (bicyclic) bond motifs is 1. The summed E-state index contributed by atoms with van der Waals surface area (Å²) in [5, 5.41) is 13.6. The largest absolute Gasteiger partial charge is 0.235 e. The van der Waals surface area contributed by atoms with Gasteiger partial charge in [-0.05, 0) is 42.0 Å². The van der Waals surface area contributed by atoms with Gasteiger partial charge in [0.1, 0.15) is 5.15 Å². The first-order chi connectivity index (χ1) is 10.3. The van der Waals surface area contributed by atoms with Gasteiger partial charge in [0.15, 0.2) is 5.65 Å². The average Bonchev–Trinajstić information content (AvgIpc) is 3.16. The molecule has 0 spiro atoms. The van der Waals surface area contributed by atoms with Crippen molar-refractivity contribution in [3.05, 3.63) is 64.6 Å². The smallest absolute Gasteiger partial charge is 0.157 e. The molecule has 0 bridgehead atoms. The molecule has 2 aromatic heterocycles. The first-order valence-electron chi connectivity index (χ1n) is 6.76. The minimum absolute atomic E-state index is 0.420. The lowest BCUT2D eigenvalue weighted by Gasteiger charge is -2.04. The minimum Gasteiger partial charge on any atom is -0.235 e. The molecule has 4 rings (SSSR count). The van der Waals surface area contributed by atoms with Crippen LogP contribution in [0.15, 0.2) is 42.7 Å². The van der Waals surface area contributed by atoms with Crippen LogP contribution in [-0.4, -0.2) is 14.6 Å². The molecule has 1 saturated carbocycles. The van der Waals surface area contributed by atoms with E-state index in [9.17, 15) is 0 Å². The lowest BCUT2D eigenvalue weighted by atomic mass is 10.0. The lowest BCUT2D eigenvalue weighted by molar-refractivity contribution is 0.906. The van der Waals surface area contributed by atoms with Gasteiger partial charge in [-0.25, -0.2) is 9.50 Å². The second-order valence-corrected chi connectivity index (χ2v) is 5.69. The first kappa shape index (κ1) is 12.4. The van der Waals surface area contributed by atoms with E-state index in [1.807, 2.05) is 36.5 Å². The van der Waals surface area contributed by atoms with Crippen molar-refractivity contribution in [1.82, 2.24) is 14.6 Å². The number of benzene rings is 1. The summed E-state index contributed by atoms with van der Waals surface area (Å²) in [7, 11) is 0. The van der Waals surface area contributed by atoms with E-state index in [0.717, 1.165) is 17.6 Å². The van der Waals surface area contributed by atoms with Crippen molar-refractivity contribution in [2.24, 2.45) is 0 Å². The van der Waals surface area contributed by atoms with E-state index in [1.165, 1.54) is 5.56 Å². The fourth-order valence-corrected chi connectivity index (χ4v) is 3.09. The van der Waals surface area contributed by atoms with Crippen molar-refractivity contribution in [2.75, 3.05) is 0 Å². The molecule has 1 aromatic carbocycles. The van der Waals surface area contributed by atoms with Crippen LogP contribution in [0.25, 0.3) is 5.65 Å². The molecule has 0 aliphatic heterocycles. The maximum Gasteiger partial charge on any atom is 0.157 e. The van der Waals surface area contributed by atoms with Crippen molar-refractivity contribution in [1.29, 1.82) is 5.26 Å². The number of rotatable bonds is 2. The van der Waals surface area contributed by atoms with Crippen LogP contribution in [0.1, 0.15) is 34.9 Å². The summed E-state index contributed by atoms with van der Waals surface area (Å²) in [6, 6.07) is 11.9. The molecule has 3 aromatic rings. The van der Waals surface area contributed by atoms with Crippen molar-refractivity contribution in [3.63, 3.8) is 0 Å². The molecule has 0 radical (unpaired) electrons. The summed E-state index contributed by atoms with van der Waals surface area (Å²) < 4.78 is 1.73. The molecule has 4 nitrogen and oxygen atoms in total. The van der Waals surface area contributed by atoms with Gasteiger partial charge < -0.3 is 0 Å². The highest BCUT2D eigenvalue weighted by molar-refractivity contribution is 6.29. The van der Waals surface area contributed by atoms with Crippen molar-refractivity contribution in [2.45, 2.75) is 18.3 Å². The molecule has 0 unspecified atom stereocenters. The van der Waals surface area contributed by atoms with Crippen LogP contribution in [0.3, 0.4) is 0 Å². The lowest BCUT2D eigenvalue weighted by Crippen LogP contribution is -1.96. The van der Waals surface area contributed by atoms with Gasteiger partial charge in [0, 0.05) is 18.0 Å². The van der Waals surface area contributed by atoms with E-state index in [-0.39, 0.29) is 0 Å². The Labute approximate surface area is 126 Å². The van der Waals surface area contributed by atoms with Crippen LogP contribution in [0.4, 0.5) is 0 Å². The van der Waals surface area contributed by atoms with Crippen LogP contribution in [-0.2, 0) is 0 Å². The molecule has 1 fully saturated rings. The molecule has 5 heteroatoms. The van der Waals surface area contributed by atoms with Crippen LogP contribution >= 0.6 is 11.6 Å². The summed E-state index contributed by atoms with van der Waals surface area (Å²) in [5.74, 6) is 0.889. The zero-order chi connectivity index (χ0) is 14.4. The van der Waals surface area contributed by atoms with Gasteiger partial charge in [0.25, 0.3) is 0 Å². The van der Waals surface area contributed by atoms with E-state index in [2.05, 4.69) is 16.2 Å². The van der Waals surface area contributed by atoms with Gasteiger partial charge in [-0.15, -0.1) is 0 Å². The Hall–Kier alpha value is -2.38. The molecule has 0 N–H and O–H groups in total. The number of aromatic nitrogens is 3. The van der Waals surface area contributed by atoms with E-state index in [0.29, 0.717) is 22.6 Å². The molecule has 1 aliphatic carbocycles. The molecule has 102 valence electrons. The molecular formula is C16H11ClN4. The average molecular weight is 295 g/mol. The minimum atomic E-state index is 0.420. The van der Waals surface area contributed by atoms with Gasteiger partial charge in [-0.1, -0.05) is 23.7 Å². The zero-order valence-corrected chi connectivity index (χ0v) is 11.8. The van der Waals surface area contributed by atoms with Gasteiger partial charge >= 0.3 is 0 Å². The third kappa shape index (κ3) is 2.07. The number of hydrogen-bond donors (Lipinski definition) is 0. The first-order valence-corrected chi connectivity index (χ1v) is 7.14. The molecular weight excluding hydrogens is 284 g/mol. The highest BCUT2D eigenvalue weighted by Crippen LogP contribution is 2.55. The van der Waals surface area contributed by atoms with Gasteiger partial charge in [-0.2, -0.15) is 10.4 Å². The summed E-state index contributed by atoms with van der Waals surface area (Å²) in [5.41, 5.74) is 3.98. The second-order valence-electron chi connectivity index (χ2n) is 5.30. The van der Waals surface area contributed by atoms with Crippen LogP contribution < -0.4 is 0 Å². The standard InChI is InChI=1S/C16H11ClN4/c17-15-8-14(16-19-5-6-21(16)20-15)13-7-12(13)11-3-1-10(9-18)2-4-11/h1-6,8,12-13H,7H2/t12-,13+/m1/s1. The Morgan fingerprint density at radius 1 is 1.24 bits per heavy atom. The van der Waals surface area contributed by atoms with Crippen molar-refractivity contribution >= 4 is 17.2 Å². The molecule has 2 atom stereocenters. The summed E-state index contributed by atoms with van der Waals surface area (Å²) in [4.78, 5) is 4.38. The van der Waals surface area contributed by atoms with Crippen molar-refractivity contribution < 1.29 is 0 Å². The number of nitrogens with zero attached hydrogens (tertiary/aromatic N) is 4. The third-order valence-electron chi connectivity index (χ3n) is 4.02. The van der Waals surface area contributed by atoms with E-state index < -0.39 is 0 Å². The van der Waals surface area contributed by atoms with Crippen LogP contribution in [0.2, 0.25) is 5.15 Å². The van der Waals surface area contributed by atoms with Crippen molar-refractivity contribution in [3.8, 4) is 6.07 Å². The van der Waals surface area contributed by atoms with E-state index in [4.69, 9.17) is 16.9 Å². The zero-order valence-electron chi connectivity index (χ0n) is 11.1. The SMILES string of the molecule is N#Cc1ccc([C@H]2C[C@@H]2c2cc(Cl)nn3ccnc23)cc1.